The topological polar surface area (TPSA) is 75.7 Å². The molecule has 0 saturated carbocycles. The number of hydrogen-bond acceptors (Lipinski definition) is 4. The standard InChI is InChI=1S/C21H22N2O4/c1-4-27-15-11-9-14(10-12-15)22-19(24)18(13(2)3)23-20(25)16-7-5-6-8-17(16)21(23)26/h5-13,18H,4H2,1-3H3,(H,22,24)/t18-/m1/s1. The van der Waals surface area contributed by atoms with Gasteiger partial charge in [-0.3, -0.25) is 19.3 Å². The molecular formula is C21H22N2O4. The van der Waals surface area contributed by atoms with Gasteiger partial charge >= 0.3 is 0 Å². The van der Waals surface area contributed by atoms with E-state index in [2.05, 4.69) is 5.32 Å². The van der Waals surface area contributed by atoms with Crippen molar-refractivity contribution in [1.82, 2.24) is 4.90 Å². The second-order valence-corrected chi connectivity index (χ2v) is 6.66. The molecule has 0 aliphatic carbocycles. The van der Waals surface area contributed by atoms with Crippen molar-refractivity contribution in [1.29, 1.82) is 0 Å². The van der Waals surface area contributed by atoms with Gasteiger partial charge in [0.2, 0.25) is 5.91 Å². The van der Waals surface area contributed by atoms with Crippen molar-refractivity contribution in [3.63, 3.8) is 0 Å². The fourth-order valence-corrected chi connectivity index (χ4v) is 3.20. The molecule has 3 amide bonds. The van der Waals surface area contributed by atoms with Crippen LogP contribution in [0.25, 0.3) is 0 Å². The van der Waals surface area contributed by atoms with Crippen LogP contribution in [0.15, 0.2) is 48.5 Å². The molecule has 140 valence electrons. The third kappa shape index (κ3) is 3.56. The Morgan fingerprint density at radius 3 is 2.04 bits per heavy atom. The van der Waals surface area contributed by atoms with Gasteiger partial charge in [0, 0.05) is 5.69 Å². The van der Waals surface area contributed by atoms with Gasteiger partial charge in [0.05, 0.1) is 17.7 Å². The van der Waals surface area contributed by atoms with Crippen molar-refractivity contribution in [2.75, 3.05) is 11.9 Å². The largest absolute Gasteiger partial charge is 0.494 e. The van der Waals surface area contributed by atoms with Gasteiger partial charge in [-0.25, -0.2) is 0 Å². The number of nitrogens with one attached hydrogen (secondary N) is 1. The molecule has 1 aliphatic heterocycles. The van der Waals surface area contributed by atoms with Crippen LogP contribution in [-0.2, 0) is 4.79 Å². The first-order valence-corrected chi connectivity index (χ1v) is 8.94. The Bertz CT molecular complexity index is 839. The van der Waals surface area contributed by atoms with Crippen molar-refractivity contribution >= 4 is 23.4 Å². The molecule has 0 fully saturated rings. The minimum atomic E-state index is -0.899. The fraction of sp³-hybridized carbons (Fsp3) is 0.286. The third-order valence-corrected chi connectivity index (χ3v) is 4.44. The quantitative estimate of drug-likeness (QED) is 0.796. The highest BCUT2D eigenvalue weighted by atomic mass is 16.5. The van der Waals surface area contributed by atoms with Crippen LogP contribution in [0.2, 0.25) is 0 Å². The van der Waals surface area contributed by atoms with Crippen LogP contribution in [0, 0.1) is 5.92 Å². The van der Waals surface area contributed by atoms with Crippen LogP contribution in [0.1, 0.15) is 41.5 Å². The molecule has 0 aromatic heterocycles. The Kier molecular flexibility index (Phi) is 5.26. The number of ether oxygens (including phenoxy) is 1. The Labute approximate surface area is 158 Å². The second kappa shape index (κ2) is 7.61. The zero-order valence-electron chi connectivity index (χ0n) is 15.6. The van der Waals surface area contributed by atoms with E-state index in [1.165, 1.54) is 0 Å². The average Bonchev–Trinajstić information content (AvgIpc) is 2.89. The molecule has 0 radical (unpaired) electrons. The number of carbonyl (C=O) groups excluding carboxylic acids is 3. The van der Waals surface area contributed by atoms with E-state index in [0.29, 0.717) is 29.2 Å². The van der Waals surface area contributed by atoms with Crippen molar-refractivity contribution in [2.45, 2.75) is 26.8 Å². The van der Waals surface area contributed by atoms with Crippen LogP contribution in [-0.4, -0.2) is 35.3 Å². The first kappa shape index (κ1) is 18.6. The highest BCUT2D eigenvalue weighted by Gasteiger charge is 2.43. The summed E-state index contributed by atoms with van der Waals surface area (Å²) in [7, 11) is 0. The van der Waals surface area contributed by atoms with Crippen LogP contribution in [0.3, 0.4) is 0 Å². The first-order valence-electron chi connectivity index (χ1n) is 8.94. The summed E-state index contributed by atoms with van der Waals surface area (Å²) in [5.74, 6) is -0.804. The maximum Gasteiger partial charge on any atom is 0.262 e. The van der Waals surface area contributed by atoms with Crippen molar-refractivity contribution < 1.29 is 19.1 Å². The van der Waals surface area contributed by atoms with Crippen LogP contribution in [0.5, 0.6) is 5.75 Å². The van der Waals surface area contributed by atoms with Gasteiger partial charge < -0.3 is 10.1 Å². The predicted octanol–water partition coefficient (Wildman–Crippen LogP) is 3.34. The molecule has 1 aliphatic rings. The molecule has 0 spiro atoms. The number of nitrogens with zero attached hydrogens (tertiary/aromatic N) is 1. The molecule has 0 saturated heterocycles. The fourth-order valence-electron chi connectivity index (χ4n) is 3.20. The predicted molar refractivity (Wildman–Crippen MR) is 102 cm³/mol. The lowest BCUT2D eigenvalue weighted by Gasteiger charge is -2.28. The molecular weight excluding hydrogens is 344 g/mol. The molecule has 3 rings (SSSR count). The van der Waals surface area contributed by atoms with Crippen LogP contribution in [0.4, 0.5) is 5.69 Å². The smallest absolute Gasteiger partial charge is 0.262 e. The summed E-state index contributed by atoms with van der Waals surface area (Å²) in [6.45, 7) is 6.07. The number of benzene rings is 2. The molecule has 1 heterocycles. The number of amides is 3. The van der Waals surface area contributed by atoms with Gasteiger partial charge in [-0.2, -0.15) is 0 Å². The summed E-state index contributed by atoms with van der Waals surface area (Å²) in [5, 5.41) is 2.80. The molecule has 1 N–H and O–H groups in total. The Hall–Kier alpha value is -3.15. The lowest BCUT2D eigenvalue weighted by atomic mass is 10.0. The summed E-state index contributed by atoms with van der Waals surface area (Å²) in [5.41, 5.74) is 1.25. The number of imide groups is 1. The molecule has 6 nitrogen and oxygen atoms in total. The molecule has 1 atom stereocenters. The summed E-state index contributed by atoms with van der Waals surface area (Å²) in [6.07, 6.45) is 0. The molecule has 2 aromatic carbocycles. The maximum absolute atomic E-state index is 12.9. The van der Waals surface area contributed by atoms with E-state index in [0.717, 1.165) is 4.90 Å². The van der Waals surface area contributed by atoms with E-state index in [1.54, 1.807) is 48.5 Å². The van der Waals surface area contributed by atoms with E-state index < -0.39 is 23.8 Å². The minimum absolute atomic E-state index is 0.241. The van der Waals surface area contributed by atoms with E-state index in [4.69, 9.17) is 4.74 Å². The zero-order valence-corrected chi connectivity index (χ0v) is 15.6. The Balaban J connectivity index is 1.83. The van der Waals surface area contributed by atoms with Crippen molar-refractivity contribution in [2.24, 2.45) is 5.92 Å². The van der Waals surface area contributed by atoms with E-state index in [-0.39, 0.29) is 5.92 Å². The SMILES string of the molecule is CCOc1ccc(NC(=O)[C@@H](C(C)C)N2C(=O)c3ccccc3C2=O)cc1. The molecule has 0 bridgehead atoms. The number of fused-ring (bicyclic) bond motifs is 1. The van der Waals surface area contributed by atoms with Gasteiger partial charge in [-0.05, 0) is 49.2 Å². The zero-order chi connectivity index (χ0) is 19.6. The normalized spacial score (nSPS) is 14.3. The Morgan fingerprint density at radius 2 is 1.56 bits per heavy atom. The van der Waals surface area contributed by atoms with Crippen LogP contribution < -0.4 is 10.1 Å². The number of rotatable bonds is 6. The minimum Gasteiger partial charge on any atom is -0.494 e. The highest BCUT2D eigenvalue weighted by Crippen LogP contribution is 2.28. The van der Waals surface area contributed by atoms with E-state index in [9.17, 15) is 14.4 Å². The molecule has 0 unspecified atom stereocenters. The number of anilines is 1. The van der Waals surface area contributed by atoms with E-state index >= 15 is 0 Å². The van der Waals surface area contributed by atoms with Gasteiger partial charge in [0.25, 0.3) is 11.8 Å². The summed E-state index contributed by atoms with van der Waals surface area (Å²) >= 11 is 0. The lowest BCUT2D eigenvalue weighted by Crippen LogP contribution is -2.50. The summed E-state index contributed by atoms with van der Waals surface area (Å²) in [4.78, 5) is 39.4. The molecule has 6 heteroatoms. The second-order valence-electron chi connectivity index (χ2n) is 6.66. The van der Waals surface area contributed by atoms with Gasteiger partial charge in [0.15, 0.2) is 0 Å². The average molecular weight is 366 g/mol. The molecule has 2 aromatic rings. The number of hydrogen-bond donors (Lipinski definition) is 1. The maximum atomic E-state index is 12.9. The monoisotopic (exact) mass is 366 g/mol. The first-order chi connectivity index (χ1) is 12.9. The van der Waals surface area contributed by atoms with Gasteiger partial charge in [-0.1, -0.05) is 26.0 Å². The summed E-state index contributed by atoms with van der Waals surface area (Å²) in [6, 6.07) is 12.7. The van der Waals surface area contributed by atoms with Crippen LogP contribution >= 0.6 is 0 Å². The van der Waals surface area contributed by atoms with Gasteiger partial charge in [0.1, 0.15) is 11.8 Å². The van der Waals surface area contributed by atoms with Crippen molar-refractivity contribution in [3.8, 4) is 5.75 Å². The molecule has 27 heavy (non-hydrogen) atoms. The van der Waals surface area contributed by atoms with Gasteiger partial charge in [-0.15, -0.1) is 0 Å². The van der Waals surface area contributed by atoms with Crippen molar-refractivity contribution in [3.05, 3.63) is 59.7 Å². The summed E-state index contributed by atoms with van der Waals surface area (Å²) < 4.78 is 5.39. The lowest BCUT2D eigenvalue weighted by molar-refractivity contribution is -0.121. The Morgan fingerprint density at radius 1 is 1.00 bits per heavy atom. The third-order valence-electron chi connectivity index (χ3n) is 4.44. The number of carbonyl (C=O) groups is 3. The van der Waals surface area contributed by atoms with E-state index in [1.807, 2.05) is 20.8 Å². The highest BCUT2D eigenvalue weighted by molar-refractivity contribution is 6.23.